The molecule has 1 aromatic carbocycles. The second kappa shape index (κ2) is 4.11. The van der Waals surface area contributed by atoms with Gasteiger partial charge in [-0.2, -0.15) is 0 Å². The van der Waals surface area contributed by atoms with Gasteiger partial charge in [-0.15, -0.1) is 0 Å². The quantitative estimate of drug-likeness (QED) is 0.840. The van der Waals surface area contributed by atoms with Gasteiger partial charge in [-0.3, -0.25) is 0 Å². The summed E-state index contributed by atoms with van der Waals surface area (Å²) < 4.78 is 0.967. The lowest BCUT2D eigenvalue weighted by atomic mass is 10.0. The lowest BCUT2D eigenvalue weighted by Crippen LogP contribution is -2.06. The monoisotopic (exact) mass is 243 g/mol. The Bertz CT molecular complexity index is 310. The predicted molar refractivity (Wildman–Crippen MR) is 57.8 cm³/mol. The van der Waals surface area contributed by atoms with E-state index in [0.29, 0.717) is 5.75 Å². The SMILES string of the molecule is CCc1cc(Br)cc(C(C)N)c1O. The molecule has 0 amide bonds. The molecule has 0 aliphatic carbocycles. The third-order valence-corrected chi connectivity index (χ3v) is 2.51. The molecule has 3 N–H and O–H groups in total. The van der Waals surface area contributed by atoms with E-state index in [1.165, 1.54) is 0 Å². The summed E-state index contributed by atoms with van der Waals surface area (Å²) in [5, 5.41) is 9.78. The highest BCUT2D eigenvalue weighted by molar-refractivity contribution is 9.10. The maximum atomic E-state index is 9.78. The summed E-state index contributed by atoms with van der Waals surface area (Å²) in [5.41, 5.74) is 7.46. The van der Waals surface area contributed by atoms with Gasteiger partial charge in [0.25, 0.3) is 0 Å². The molecule has 0 saturated heterocycles. The zero-order chi connectivity index (χ0) is 10.0. The number of benzene rings is 1. The van der Waals surface area contributed by atoms with E-state index in [0.717, 1.165) is 22.0 Å². The summed E-state index contributed by atoms with van der Waals surface area (Å²) in [6.45, 7) is 3.87. The average Bonchev–Trinajstić information content (AvgIpc) is 2.08. The molecule has 1 rings (SSSR count). The van der Waals surface area contributed by atoms with Crippen LogP contribution in [0.25, 0.3) is 0 Å². The fraction of sp³-hybridized carbons (Fsp3) is 0.400. The summed E-state index contributed by atoms with van der Waals surface area (Å²) in [6.07, 6.45) is 0.811. The van der Waals surface area contributed by atoms with E-state index in [4.69, 9.17) is 5.73 Å². The van der Waals surface area contributed by atoms with Crippen LogP contribution in [0.3, 0.4) is 0 Å². The van der Waals surface area contributed by atoms with Gasteiger partial charge in [0.2, 0.25) is 0 Å². The first kappa shape index (κ1) is 10.5. The summed E-state index contributed by atoms with van der Waals surface area (Å²) in [6, 6.07) is 3.64. The minimum absolute atomic E-state index is 0.136. The second-order valence-corrected chi connectivity index (χ2v) is 4.06. The van der Waals surface area contributed by atoms with Gasteiger partial charge in [0.1, 0.15) is 5.75 Å². The standard InChI is InChI=1S/C10H14BrNO/c1-3-7-4-8(11)5-9(6(2)12)10(7)13/h4-6,13H,3,12H2,1-2H3. The summed E-state index contributed by atoms with van der Waals surface area (Å²) in [4.78, 5) is 0. The first-order chi connectivity index (χ1) is 6.06. The molecule has 0 fully saturated rings. The number of aromatic hydroxyl groups is 1. The van der Waals surface area contributed by atoms with Crippen molar-refractivity contribution in [2.45, 2.75) is 26.3 Å². The highest BCUT2D eigenvalue weighted by Gasteiger charge is 2.10. The van der Waals surface area contributed by atoms with Gasteiger partial charge in [0, 0.05) is 16.1 Å². The van der Waals surface area contributed by atoms with Gasteiger partial charge in [-0.25, -0.2) is 0 Å². The number of aryl methyl sites for hydroxylation is 1. The Labute approximate surface area is 86.9 Å². The third-order valence-electron chi connectivity index (χ3n) is 2.05. The number of hydrogen-bond donors (Lipinski definition) is 2. The first-order valence-corrected chi connectivity index (χ1v) is 5.12. The smallest absolute Gasteiger partial charge is 0.123 e. The van der Waals surface area contributed by atoms with Gasteiger partial charge < -0.3 is 10.8 Å². The van der Waals surface area contributed by atoms with Crippen LogP contribution in [0.1, 0.15) is 31.0 Å². The van der Waals surface area contributed by atoms with Crippen LogP contribution in [0.5, 0.6) is 5.75 Å². The number of rotatable bonds is 2. The molecule has 13 heavy (non-hydrogen) atoms. The van der Waals surface area contributed by atoms with Crippen molar-refractivity contribution in [1.82, 2.24) is 0 Å². The van der Waals surface area contributed by atoms with E-state index >= 15 is 0 Å². The average molecular weight is 244 g/mol. The third kappa shape index (κ3) is 2.23. The van der Waals surface area contributed by atoms with E-state index in [-0.39, 0.29) is 6.04 Å². The normalized spacial score (nSPS) is 12.9. The van der Waals surface area contributed by atoms with Gasteiger partial charge in [-0.05, 0) is 31.0 Å². The molecule has 0 aliphatic rings. The van der Waals surface area contributed by atoms with Gasteiger partial charge in [0.15, 0.2) is 0 Å². The zero-order valence-electron chi connectivity index (χ0n) is 7.84. The summed E-state index contributed by atoms with van der Waals surface area (Å²) >= 11 is 3.39. The molecular formula is C10H14BrNO. The molecule has 0 saturated carbocycles. The molecule has 0 heterocycles. The van der Waals surface area contributed by atoms with Crippen LogP contribution in [0.4, 0.5) is 0 Å². The number of hydrogen-bond acceptors (Lipinski definition) is 2. The Balaban J connectivity index is 3.27. The Kier molecular flexibility index (Phi) is 3.33. The highest BCUT2D eigenvalue weighted by Crippen LogP contribution is 2.30. The fourth-order valence-corrected chi connectivity index (χ4v) is 1.82. The van der Waals surface area contributed by atoms with E-state index in [1.54, 1.807) is 0 Å². The minimum atomic E-state index is -0.136. The molecule has 0 bridgehead atoms. The molecule has 1 aromatic rings. The van der Waals surface area contributed by atoms with Crippen molar-refractivity contribution in [2.24, 2.45) is 5.73 Å². The molecule has 0 spiro atoms. The van der Waals surface area contributed by atoms with Crippen molar-refractivity contribution in [3.63, 3.8) is 0 Å². The van der Waals surface area contributed by atoms with Crippen LogP contribution < -0.4 is 5.73 Å². The lowest BCUT2D eigenvalue weighted by Gasteiger charge is -2.12. The zero-order valence-corrected chi connectivity index (χ0v) is 9.43. The van der Waals surface area contributed by atoms with Crippen LogP contribution in [0, 0.1) is 0 Å². The maximum Gasteiger partial charge on any atom is 0.123 e. The van der Waals surface area contributed by atoms with Crippen LogP contribution >= 0.6 is 15.9 Å². The van der Waals surface area contributed by atoms with E-state index in [2.05, 4.69) is 15.9 Å². The summed E-state index contributed by atoms with van der Waals surface area (Å²) in [5.74, 6) is 0.334. The van der Waals surface area contributed by atoms with E-state index in [1.807, 2.05) is 26.0 Å². The van der Waals surface area contributed by atoms with Crippen molar-refractivity contribution in [3.8, 4) is 5.75 Å². The number of phenols is 1. The van der Waals surface area contributed by atoms with Crippen LogP contribution in [0.15, 0.2) is 16.6 Å². The maximum absolute atomic E-state index is 9.78. The molecule has 1 unspecified atom stereocenters. The molecule has 72 valence electrons. The number of phenolic OH excluding ortho intramolecular Hbond substituents is 1. The van der Waals surface area contributed by atoms with Crippen molar-refractivity contribution < 1.29 is 5.11 Å². The lowest BCUT2D eigenvalue weighted by molar-refractivity contribution is 0.457. The van der Waals surface area contributed by atoms with Crippen molar-refractivity contribution in [2.75, 3.05) is 0 Å². The first-order valence-electron chi connectivity index (χ1n) is 4.33. The molecule has 1 atom stereocenters. The Morgan fingerprint density at radius 2 is 2.15 bits per heavy atom. The van der Waals surface area contributed by atoms with Gasteiger partial charge in [-0.1, -0.05) is 22.9 Å². The van der Waals surface area contributed by atoms with Crippen molar-refractivity contribution >= 4 is 15.9 Å². The molecular weight excluding hydrogens is 230 g/mol. The molecule has 0 aromatic heterocycles. The topological polar surface area (TPSA) is 46.2 Å². The number of halogens is 1. The fourth-order valence-electron chi connectivity index (χ4n) is 1.30. The van der Waals surface area contributed by atoms with Crippen LogP contribution in [-0.2, 0) is 6.42 Å². The van der Waals surface area contributed by atoms with Crippen molar-refractivity contribution in [1.29, 1.82) is 0 Å². The van der Waals surface area contributed by atoms with E-state index in [9.17, 15) is 5.11 Å². The second-order valence-electron chi connectivity index (χ2n) is 3.14. The summed E-state index contributed by atoms with van der Waals surface area (Å²) in [7, 11) is 0. The largest absolute Gasteiger partial charge is 0.507 e. The van der Waals surface area contributed by atoms with Gasteiger partial charge in [0.05, 0.1) is 0 Å². The Hall–Kier alpha value is -0.540. The number of nitrogens with two attached hydrogens (primary N) is 1. The highest BCUT2D eigenvalue weighted by atomic mass is 79.9. The molecule has 3 heteroatoms. The Morgan fingerprint density at radius 1 is 1.54 bits per heavy atom. The minimum Gasteiger partial charge on any atom is -0.507 e. The molecule has 0 radical (unpaired) electrons. The molecule has 2 nitrogen and oxygen atoms in total. The van der Waals surface area contributed by atoms with Gasteiger partial charge >= 0.3 is 0 Å². The van der Waals surface area contributed by atoms with Crippen LogP contribution in [0.2, 0.25) is 0 Å². The van der Waals surface area contributed by atoms with Crippen LogP contribution in [-0.4, -0.2) is 5.11 Å². The molecule has 0 aliphatic heterocycles. The van der Waals surface area contributed by atoms with E-state index < -0.39 is 0 Å². The van der Waals surface area contributed by atoms with Crippen molar-refractivity contribution in [3.05, 3.63) is 27.7 Å². The predicted octanol–water partition coefficient (Wildman–Crippen LogP) is 2.74. The Morgan fingerprint density at radius 3 is 2.62 bits per heavy atom.